The van der Waals surface area contributed by atoms with Gasteiger partial charge in [0.05, 0.1) is 10.6 Å². The summed E-state index contributed by atoms with van der Waals surface area (Å²) in [5, 5.41) is 0. The molecule has 17 heavy (non-hydrogen) atoms. The smallest absolute Gasteiger partial charge is 0.204 e. The first-order valence-corrected chi connectivity index (χ1v) is 6.45. The van der Waals surface area contributed by atoms with Crippen molar-refractivity contribution in [2.75, 3.05) is 5.73 Å². The molecule has 0 radical (unpaired) electrons. The van der Waals surface area contributed by atoms with Crippen molar-refractivity contribution in [3.63, 3.8) is 0 Å². The van der Waals surface area contributed by atoms with Crippen molar-refractivity contribution in [3.8, 4) is 0 Å². The molecule has 0 amide bonds. The average molecular weight is 314 g/mol. The number of hydrogen-bond donors (Lipinski definition) is 1. The van der Waals surface area contributed by atoms with Gasteiger partial charge in [0.15, 0.2) is 0 Å². The standard InChI is InChI=1S/C12H9BrFNOS/c1-6-4-8(13)12(17-6)11(16)7-2-3-9(14)10(15)5-7/h2-5H,15H2,1H3. The first-order chi connectivity index (χ1) is 7.99. The summed E-state index contributed by atoms with van der Waals surface area (Å²) in [6.07, 6.45) is 0. The molecular formula is C12H9BrFNOS. The maximum absolute atomic E-state index is 13.0. The molecule has 0 unspecified atom stereocenters. The maximum atomic E-state index is 13.0. The maximum Gasteiger partial charge on any atom is 0.204 e. The van der Waals surface area contributed by atoms with E-state index < -0.39 is 5.82 Å². The van der Waals surface area contributed by atoms with Gasteiger partial charge >= 0.3 is 0 Å². The Labute approximate surface area is 110 Å². The van der Waals surface area contributed by atoms with Crippen molar-refractivity contribution in [2.24, 2.45) is 0 Å². The molecule has 1 aromatic carbocycles. The van der Waals surface area contributed by atoms with Crippen molar-refractivity contribution in [3.05, 3.63) is 49.9 Å². The Morgan fingerprint density at radius 2 is 2.12 bits per heavy atom. The van der Waals surface area contributed by atoms with Crippen LogP contribution >= 0.6 is 27.3 Å². The van der Waals surface area contributed by atoms with E-state index in [1.165, 1.54) is 29.5 Å². The van der Waals surface area contributed by atoms with Crippen molar-refractivity contribution in [2.45, 2.75) is 6.92 Å². The first kappa shape index (κ1) is 12.3. The number of aryl methyl sites for hydroxylation is 1. The number of carbonyl (C=O) groups excluding carboxylic acids is 1. The van der Waals surface area contributed by atoms with Crippen LogP contribution in [0.4, 0.5) is 10.1 Å². The Morgan fingerprint density at radius 3 is 2.65 bits per heavy atom. The summed E-state index contributed by atoms with van der Waals surface area (Å²) >= 11 is 4.73. The van der Waals surface area contributed by atoms with E-state index >= 15 is 0 Å². The molecule has 2 N–H and O–H groups in total. The van der Waals surface area contributed by atoms with Crippen LogP contribution < -0.4 is 5.73 Å². The Hall–Kier alpha value is -1.20. The van der Waals surface area contributed by atoms with Crippen LogP contribution in [-0.4, -0.2) is 5.78 Å². The summed E-state index contributed by atoms with van der Waals surface area (Å²) in [6, 6.07) is 5.89. The predicted octanol–water partition coefficient (Wildman–Crippen LogP) is 3.77. The van der Waals surface area contributed by atoms with Gasteiger partial charge in [-0.05, 0) is 47.1 Å². The molecule has 0 saturated heterocycles. The van der Waals surface area contributed by atoms with Gasteiger partial charge in [-0.1, -0.05) is 0 Å². The molecule has 0 spiro atoms. The highest BCUT2D eigenvalue weighted by Crippen LogP contribution is 2.29. The summed E-state index contributed by atoms with van der Waals surface area (Å²) in [6.45, 7) is 1.92. The lowest BCUT2D eigenvalue weighted by Crippen LogP contribution is -2.01. The SMILES string of the molecule is Cc1cc(Br)c(C(=O)c2ccc(F)c(N)c2)s1. The number of hydrogen-bond acceptors (Lipinski definition) is 3. The molecular weight excluding hydrogens is 305 g/mol. The predicted molar refractivity (Wildman–Crippen MR) is 71.0 cm³/mol. The second kappa shape index (κ2) is 4.58. The van der Waals surface area contributed by atoms with E-state index in [-0.39, 0.29) is 11.5 Å². The van der Waals surface area contributed by atoms with Crippen LogP contribution in [0.25, 0.3) is 0 Å². The van der Waals surface area contributed by atoms with E-state index in [4.69, 9.17) is 5.73 Å². The molecule has 0 bridgehead atoms. The number of nitrogen functional groups attached to an aromatic ring is 1. The molecule has 0 fully saturated rings. The van der Waals surface area contributed by atoms with Gasteiger partial charge < -0.3 is 5.73 Å². The summed E-state index contributed by atoms with van der Waals surface area (Å²) in [5.74, 6) is -0.662. The van der Waals surface area contributed by atoms with E-state index in [0.717, 1.165) is 9.35 Å². The van der Waals surface area contributed by atoms with Crippen LogP contribution in [0.15, 0.2) is 28.7 Å². The highest BCUT2D eigenvalue weighted by Gasteiger charge is 2.16. The van der Waals surface area contributed by atoms with Gasteiger partial charge in [-0.15, -0.1) is 11.3 Å². The Bertz CT molecular complexity index is 594. The fourth-order valence-corrected chi connectivity index (χ4v) is 3.24. The molecule has 5 heteroatoms. The molecule has 0 aliphatic rings. The number of nitrogens with two attached hydrogens (primary N) is 1. The van der Waals surface area contributed by atoms with Gasteiger partial charge in [-0.25, -0.2) is 4.39 Å². The topological polar surface area (TPSA) is 43.1 Å². The van der Waals surface area contributed by atoms with Crippen LogP contribution in [0.5, 0.6) is 0 Å². The van der Waals surface area contributed by atoms with Gasteiger partial charge in [-0.3, -0.25) is 4.79 Å². The number of thiophene rings is 1. The third-order valence-electron chi connectivity index (χ3n) is 2.27. The minimum atomic E-state index is -0.511. The highest BCUT2D eigenvalue weighted by atomic mass is 79.9. The van der Waals surface area contributed by atoms with Gasteiger partial charge in [0.1, 0.15) is 5.82 Å². The van der Waals surface area contributed by atoms with E-state index in [1.807, 2.05) is 13.0 Å². The molecule has 1 aromatic heterocycles. The summed E-state index contributed by atoms with van der Waals surface area (Å²) in [5.41, 5.74) is 5.83. The molecule has 1 heterocycles. The number of ketones is 1. The minimum Gasteiger partial charge on any atom is -0.396 e. The van der Waals surface area contributed by atoms with Gasteiger partial charge in [0.2, 0.25) is 5.78 Å². The Kier molecular flexibility index (Phi) is 3.31. The van der Waals surface area contributed by atoms with Crippen molar-refractivity contribution >= 4 is 38.7 Å². The highest BCUT2D eigenvalue weighted by molar-refractivity contribution is 9.10. The molecule has 0 atom stereocenters. The number of halogens is 2. The van der Waals surface area contributed by atoms with E-state index in [0.29, 0.717) is 10.4 Å². The van der Waals surface area contributed by atoms with Crippen LogP contribution in [0.3, 0.4) is 0 Å². The number of rotatable bonds is 2. The normalized spacial score (nSPS) is 10.5. The van der Waals surface area contributed by atoms with E-state index in [2.05, 4.69) is 15.9 Å². The summed E-state index contributed by atoms with van der Waals surface area (Å²) in [4.78, 5) is 13.8. The fourth-order valence-electron chi connectivity index (χ4n) is 1.45. The minimum absolute atomic E-state index is 0.0137. The third-order valence-corrected chi connectivity index (χ3v) is 4.21. The average Bonchev–Trinajstić information content (AvgIpc) is 2.61. The lowest BCUT2D eigenvalue weighted by Gasteiger charge is -2.01. The lowest BCUT2D eigenvalue weighted by atomic mass is 10.1. The van der Waals surface area contributed by atoms with Gasteiger partial charge in [-0.2, -0.15) is 0 Å². The Balaban J connectivity index is 2.44. The van der Waals surface area contributed by atoms with Crippen molar-refractivity contribution in [1.29, 1.82) is 0 Å². The number of carbonyl (C=O) groups is 1. The van der Waals surface area contributed by atoms with Crippen LogP contribution in [0.1, 0.15) is 20.1 Å². The Morgan fingerprint density at radius 1 is 1.41 bits per heavy atom. The fraction of sp³-hybridized carbons (Fsp3) is 0.0833. The molecule has 88 valence electrons. The van der Waals surface area contributed by atoms with Gasteiger partial charge in [0, 0.05) is 14.9 Å². The second-order valence-electron chi connectivity index (χ2n) is 3.60. The van der Waals surface area contributed by atoms with E-state index in [1.54, 1.807) is 0 Å². The lowest BCUT2D eigenvalue weighted by molar-refractivity contribution is 0.104. The van der Waals surface area contributed by atoms with Crippen LogP contribution in [-0.2, 0) is 0 Å². The summed E-state index contributed by atoms with van der Waals surface area (Å²) in [7, 11) is 0. The van der Waals surface area contributed by atoms with Crippen LogP contribution in [0, 0.1) is 12.7 Å². The zero-order valence-electron chi connectivity index (χ0n) is 8.96. The molecule has 0 aliphatic heterocycles. The third kappa shape index (κ3) is 2.40. The quantitative estimate of drug-likeness (QED) is 0.677. The van der Waals surface area contributed by atoms with Crippen LogP contribution in [0.2, 0.25) is 0 Å². The first-order valence-electron chi connectivity index (χ1n) is 4.84. The van der Waals surface area contributed by atoms with E-state index in [9.17, 15) is 9.18 Å². The molecule has 2 rings (SSSR count). The van der Waals surface area contributed by atoms with Gasteiger partial charge in [0.25, 0.3) is 0 Å². The van der Waals surface area contributed by atoms with Crippen molar-refractivity contribution < 1.29 is 9.18 Å². The number of benzene rings is 1. The molecule has 0 saturated carbocycles. The van der Waals surface area contributed by atoms with Crippen molar-refractivity contribution in [1.82, 2.24) is 0 Å². The number of anilines is 1. The molecule has 2 nitrogen and oxygen atoms in total. The summed E-state index contributed by atoms with van der Waals surface area (Å²) < 4.78 is 13.8. The second-order valence-corrected chi connectivity index (χ2v) is 5.71. The largest absolute Gasteiger partial charge is 0.396 e. The molecule has 0 aliphatic carbocycles. The monoisotopic (exact) mass is 313 g/mol. The molecule has 2 aromatic rings. The zero-order valence-corrected chi connectivity index (χ0v) is 11.4. The zero-order chi connectivity index (χ0) is 12.6.